The Hall–Kier alpha value is -3.89. The van der Waals surface area contributed by atoms with Crippen molar-refractivity contribution in [3.63, 3.8) is 0 Å². The number of anilines is 1. The highest BCUT2D eigenvalue weighted by atomic mass is 19.1. The summed E-state index contributed by atoms with van der Waals surface area (Å²) in [6, 6.07) is 10.7. The van der Waals surface area contributed by atoms with Gasteiger partial charge in [0.2, 0.25) is 11.8 Å². The summed E-state index contributed by atoms with van der Waals surface area (Å²) in [6.45, 7) is 7.53. The van der Waals surface area contributed by atoms with Gasteiger partial charge >= 0.3 is 0 Å². The van der Waals surface area contributed by atoms with E-state index >= 15 is 0 Å². The van der Waals surface area contributed by atoms with Gasteiger partial charge in [0.1, 0.15) is 0 Å². The fraction of sp³-hybridized carbons (Fsp3) is 0.250. The summed E-state index contributed by atoms with van der Waals surface area (Å²) in [4.78, 5) is 31.9. The minimum atomic E-state index is -0.522. The van der Waals surface area contributed by atoms with Crippen LogP contribution in [-0.2, 0) is 11.9 Å². The van der Waals surface area contributed by atoms with Crippen molar-refractivity contribution in [1.29, 1.82) is 0 Å². The van der Waals surface area contributed by atoms with Crippen LogP contribution in [0.25, 0.3) is 17.0 Å². The number of hydrogen-bond acceptors (Lipinski definition) is 8. The highest BCUT2D eigenvalue weighted by Gasteiger charge is 2.24. The quantitative estimate of drug-likeness (QED) is 0.340. The molecule has 1 aliphatic heterocycles. The molecule has 1 fully saturated rings. The van der Waals surface area contributed by atoms with E-state index in [9.17, 15) is 9.18 Å². The third kappa shape index (κ3) is 4.87. The smallest absolute Gasteiger partial charge is 0.255 e. The van der Waals surface area contributed by atoms with Gasteiger partial charge in [-0.25, -0.2) is 14.4 Å². The molecule has 0 radical (unpaired) electrons. The van der Waals surface area contributed by atoms with E-state index in [1.807, 2.05) is 29.2 Å². The number of nitrogens with one attached hydrogen (secondary N) is 1. The Kier molecular flexibility index (Phi) is 6.80. The van der Waals surface area contributed by atoms with Crippen molar-refractivity contribution in [3.05, 3.63) is 82.7 Å². The summed E-state index contributed by atoms with van der Waals surface area (Å²) in [6.07, 6.45) is 2.59. The van der Waals surface area contributed by atoms with Gasteiger partial charge in [-0.15, -0.1) is 0 Å². The lowest BCUT2D eigenvalue weighted by molar-refractivity contribution is 0.318. The number of aromatic nitrogens is 3. The number of rotatable bonds is 5. The second kappa shape index (κ2) is 9.94. The molecule has 3 N–H and O–H groups in total. The van der Waals surface area contributed by atoms with Crippen molar-refractivity contribution in [2.24, 2.45) is 17.9 Å². The van der Waals surface area contributed by atoms with Crippen LogP contribution in [0.4, 0.5) is 10.3 Å². The number of piperazine rings is 1. The van der Waals surface area contributed by atoms with Crippen LogP contribution >= 0.6 is 0 Å². The van der Waals surface area contributed by atoms with E-state index in [2.05, 4.69) is 31.7 Å². The predicted octanol–water partition coefficient (Wildman–Crippen LogP) is 2.41. The molecule has 0 aliphatic carbocycles. The largest absolute Gasteiger partial charge is 0.396 e. The van der Waals surface area contributed by atoms with E-state index in [0.717, 1.165) is 17.3 Å². The van der Waals surface area contributed by atoms with Gasteiger partial charge in [0, 0.05) is 57.5 Å². The van der Waals surface area contributed by atoms with Crippen LogP contribution in [0.1, 0.15) is 24.1 Å². The summed E-state index contributed by atoms with van der Waals surface area (Å²) in [5.41, 5.74) is 2.74. The van der Waals surface area contributed by atoms with Gasteiger partial charge in [-0.2, -0.15) is 5.90 Å². The van der Waals surface area contributed by atoms with E-state index in [4.69, 9.17) is 5.90 Å². The fourth-order valence-electron chi connectivity index (χ4n) is 3.87. The second-order valence-electron chi connectivity index (χ2n) is 7.96. The average molecular weight is 464 g/mol. The van der Waals surface area contributed by atoms with Gasteiger partial charge in [-0.3, -0.25) is 14.3 Å². The molecule has 3 heterocycles. The fourth-order valence-corrected chi connectivity index (χ4v) is 3.87. The van der Waals surface area contributed by atoms with Crippen molar-refractivity contribution in [3.8, 4) is 11.3 Å². The van der Waals surface area contributed by atoms with Crippen molar-refractivity contribution >= 4 is 17.5 Å². The zero-order valence-corrected chi connectivity index (χ0v) is 19.0. The number of nitrogens with two attached hydrogens (primary N) is 1. The molecular formula is C24H26FN7O2. The summed E-state index contributed by atoms with van der Waals surface area (Å²) < 4.78 is 15.8. The first-order valence-electron chi connectivity index (χ1n) is 10.7. The summed E-state index contributed by atoms with van der Waals surface area (Å²) in [5, 5.41) is 3.50. The maximum Gasteiger partial charge on any atom is 0.255 e. The monoisotopic (exact) mass is 463 g/mol. The number of pyridine rings is 1. The Labute approximate surface area is 196 Å². The summed E-state index contributed by atoms with van der Waals surface area (Å²) in [5.74, 6) is 5.41. The molecule has 0 bridgehead atoms. The minimum absolute atomic E-state index is 0.00639. The first-order chi connectivity index (χ1) is 16.4. The van der Waals surface area contributed by atoms with E-state index in [1.165, 1.54) is 22.9 Å². The molecule has 0 amide bonds. The van der Waals surface area contributed by atoms with Crippen LogP contribution < -0.4 is 21.7 Å². The average Bonchev–Trinajstić information content (AvgIpc) is 2.86. The Balaban J connectivity index is 1.58. The first kappa shape index (κ1) is 23.3. The molecule has 0 saturated carbocycles. The summed E-state index contributed by atoms with van der Waals surface area (Å²) in [7, 11) is 1.67. The van der Waals surface area contributed by atoms with Crippen LogP contribution in [0.15, 0.2) is 65.2 Å². The highest BCUT2D eigenvalue weighted by Crippen LogP contribution is 2.25. The Morgan fingerprint density at radius 2 is 2.09 bits per heavy atom. The van der Waals surface area contributed by atoms with Crippen LogP contribution in [-0.4, -0.2) is 40.1 Å². The molecule has 4 rings (SSSR count). The maximum absolute atomic E-state index is 14.3. The molecule has 0 spiro atoms. The highest BCUT2D eigenvalue weighted by molar-refractivity contribution is 5.81. The van der Waals surface area contributed by atoms with Crippen LogP contribution in [0.5, 0.6) is 0 Å². The number of aliphatic imine (C=N–C) groups is 1. The molecule has 1 aliphatic rings. The lowest BCUT2D eigenvalue weighted by atomic mass is 10.0. The number of benzene rings is 1. The van der Waals surface area contributed by atoms with Crippen molar-refractivity contribution in [2.45, 2.75) is 13.0 Å². The van der Waals surface area contributed by atoms with Gasteiger partial charge in [0.25, 0.3) is 5.56 Å². The topological polar surface area (TPSA) is 111 Å². The van der Waals surface area contributed by atoms with Gasteiger partial charge in [0.15, 0.2) is 5.82 Å². The lowest BCUT2D eigenvalue weighted by Crippen LogP contribution is -2.47. The molecule has 1 atom stereocenters. The van der Waals surface area contributed by atoms with Crippen LogP contribution in [0.3, 0.4) is 0 Å². The third-order valence-corrected chi connectivity index (χ3v) is 5.73. The lowest BCUT2D eigenvalue weighted by Gasteiger charge is -2.35. The van der Waals surface area contributed by atoms with Gasteiger partial charge in [0.05, 0.1) is 17.6 Å². The molecule has 176 valence electrons. The first-order valence-corrected chi connectivity index (χ1v) is 10.7. The minimum Gasteiger partial charge on any atom is -0.396 e. The van der Waals surface area contributed by atoms with Gasteiger partial charge < -0.3 is 15.1 Å². The number of nitrogens with zero attached hydrogens (tertiary/aromatic N) is 5. The Morgan fingerprint density at radius 1 is 1.32 bits per heavy atom. The Bertz CT molecular complexity index is 1290. The predicted molar refractivity (Wildman–Crippen MR) is 129 cm³/mol. The molecule has 1 saturated heterocycles. The zero-order valence-electron chi connectivity index (χ0n) is 19.0. The van der Waals surface area contributed by atoms with Crippen molar-refractivity contribution < 1.29 is 9.23 Å². The van der Waals surface area contributed by atoms with Crippen molar-refractivity contribution in [1.82, 2.24) is 19.9 Å². The number of hydrogen-bond donors (Lipinski definition) is 2. The normalized spacial score (nSPS) is 16.4. The third-order valence-electron chi connectivity index (χ3n) is 5.73. The molecule has 2 aromatic heterocycles. The molecule has 34 heavy (non-hydrogen) atoms. The molecule has 10 heteroatoms. The van der Waals surface area contributed by atoms with Crippen LogP contribution in [0, 0.1) is 5.82 Å². The van der Waals surface area contributed by atoms with E-state index in [-0.39, 0.29) is 22.9 Å². The maximum atomic E-state index is 14.3. The molecule has 9 nitrogen and oxygen atoms in total. The SMILES string of the molecule is C=C(/N=C(/C)ON)c1ccc(C2CN(c3nc(-c4ccncc4F)cc(=O)n3C)CCN2)cc1. The molecular weight excluding hydrogens is 437 g/mol. The van der Waals surface area contributed by atoms with E-state index in [1.54, 1.807) is 14.0 Å². The van der Waals surface area contributed by atoms with Gasteiger partial charge in [-0.05, 0) is 17.2 Å². The zero-order chi connectivity index (χ0) is 24.2. The second-order valence-corrected chi connectivity index (χ2v) is 7.96. The summed E-state index contributed by atoms with van der Waals surface area (Å²) >= 11 is 0. The van der Waals surface area contributed by atoms with Gasteiger partial charge in [-0.1, -0.05) is 30.8 Å². The standard InChI is InChI=1S/C24H26FN7O2/c1-15(29-16(2)34-26)17-4-6-18(7-5-17)22-14-32(11-10-28-22)24-30-21(12-23(33)31(24)3)19-8-9-27-13-20(19)25/h4-9,12-13,22,28H,1,10-11,14,26H2,2-3H3/b29-16-. The Morgan fingerprint density at radius 3 is 2.79 bits per heavy atom. The molecule has 1 unspecified atom stereocenters. The van der Waals surface area contributed by atoms with Crippen molar-refractivity contribution in [2.75, 3.05) is 24.5 Å². The van der Waals surface area contributed by atoms with E-state index in [0.29, 0.717) is 37.2 Å². The van der Waals surface area contributed by atoms with E-state index < -0.39 is 5.82 Å². The molecule has 3 aromatic rings. The number of halogens is 1. The molecule has 1 aromatic carbocycles. The van der Waals surface area contributed by atoms with Crippen LogP contribution in [0.2, 0.25) is 0 Å².